The van der Waals surface area contributed by atoms with Crippen LogP contribution in [0.1, 0.15) is 0 Å². The van der Waals surface area contributed by atoms with E-state index in [1.807, 2.05) is 0 Å². The van der Waals surface area contributed by atoms with Crippen molar-refractivity contribution >= 4 is 26.9 Å². The molecule has 0 amide bonds. The predicted molar refractivity (Wildman–Crippen MR) is 50.6 cm³/mol. The van der Waals surface area contributed by atoms with E-state index in [1.54, 1.807) is 12.1 Å². The summed E-state index contributed by atoms with van der Waals surface area (Å²) >= 11 is 3.09. The lowest BCUT2D eigenvalue weighted by molar-refractivity contribution is -0.274. The van der Waals surface area contributed by atoms with E-state index in [1.165, 1.54) is 12.3 Å². The zero-order chi connectivity index (χ0) is 11.1. The third-order valence-corrected chi connectivity index (χ3v) is 2.17. The summed E-state index contributed by atoms with van der Waals surface area (Å²) in [4.78, 5) is 0. The van der Waals surface area contributed by atoms with Crippen LogP contribution < -0.4 is 4.74 Å². The molecule has 0 aliphatic rings. The lowest BCUT2D eigenvalue weighted by Gasteiger charge is -2.09. The van der Waals surface area contributed by atoms with Crippen molar-refractivity contribution in [3.05, 3.63) is 28.9 Å². The molecule has 0 saturated carbocycles. The van der Waals surface area contributed by atoms with E-state index >= 15 is 0 Å². The second-order valence-electron chi connectivity index (χ2n) is 2.79. The minimum atomic E-state index is -4.72. The molecule has 0 bridgehead atoms. The Balaban J connectivity index is 2.53. The normalized spacial score (nSPS) is 12.0. The summed E-state index contributed by atoms with van der Waals surface area (Å²) in [5.41, 5.74) is 0.0792. The van der Waals surface area contributed by atoms with Crippen molar-refractivity contribution in [3.63, 3.8) is 0 Å². The number of furan rings is 1. The topological polar surface area (TPSA) is 22.4 Å². The van der Waals surface area contributed by atoms with E-state index in [0.29, 0.717) is 9.86 Å². The molecule has 6 heteroatoms. The fraction of sp³-hybridized carbons (Fsp3) is 0.111. The van der Waals surface area contributed by atoms with Gasteiger partial charge in [-0.1, -0.05) is 15.9 Å². The maximum Gasteiger partial charge on any atom is 0.573 e. The molecule has 0 N–H and O–H groups in total. The number of hydrogen-bond donors (Lipinski definition) is 0. The Morgan fingerprint density at radius 3 is 2.67 bits per heavy atom. The number of rotatable bonds is 1. The Labute approximate surface area is 90.8 Å². The van der Waals surface area contributed by atoms with Crippen molar-refractivity contribution in [2.45, 2.75) is 6.36 Å². The average Bonchev–Trinajstić information content (AvgIpc) is 2.48. The van der Waals surface area contributed by atoms with E-state index in [2.05, 4.69) is 20.7 Å². The van der Waals surface area contributed by atoms with Crippen LogP contribution in [0.2, 0.25) is 0 Å². The fourth-order valence-corrected chi connectivity index (χ4v) is 1.67. The second-order valence-corrected chi connectivity index (χ2v) is 3.71. The van der Waals surface area contributed by atoms with Gasteiger partial charge in [-0.2, -0.15) is 0 Å². The van der Waals surface area contributed by atoms with Crippen LogP contribution in [-0.4, -0.2) is 6.36 Å². The van der Waals surface area contributed by atoms with Gasteiger partial charge in [-0.05, 0) is 18.2 Å². The molecule has 80 valence electrons. The van der Waals surface area contributed by atoms with Gasteiger partial charge in [-0.25, -0.2) is 0 Å². The molecule has 0 aliphatic heterocycles. The fourth-order valence-electron chi connectivity index (χ4n) is 1.21. The SMILES string of the molecule is FC(F)(F)Oc1cc(Br)cc2ccoc12. The third kappa shape index (κ3) is 2.26. The first-order valence-electron chi connectivity index (χ1n) is 3.88. The van der Waals surface area contributed by atoms with Crippen LogP contribution in [0.3, 0.4) is 0 Å². The third-order valence-electron chi connectivity index (χ3n) is 1.71. The predicted octanol–water partition coefficient (Wildman–Crippen LogP) is 4.09. The van der Waals surface area contributed by atoms with Crippen molar-refractivity contribution in [1.29, 1.82) is 0 Å². The van der Waals surface area contributed by atoms with Gasteiger partial charge in [0.1, 0.15) is 0 Å². The van der Waals surface area contributed by atoms with E-state index < -0.39 is 6.36 Å². The molecule has 0 fully saturated rings. The number of ether oxygens (including phenoxy) is 1. The number of alkyl halides is 3. The first-order valence-corrected chi connectivity index (χ1v) is 4.67. The highest BCUT2D eigenvalue weighted by molar-refractivity contribution is 9.10. The molecule has 15 heavy (non-hydrogen) atoms. The maximum absolute atomic E-state index is 12.0. The number of halogens is 4. The molecule has 0 spiro atoms. The first kappa shape index (κ1) is 10.4. The van der Waals surface area contributed by atoms with Gasteiger partial charge < -0.3 is 9.15 Å². The summed E-state index contributed by atoms with van der Waals surface area (Å²) in [6.07, 6.45) is -3.42. The maximum atomic E-state index is 12.0. The molecule has 2 nitrogen and oxygen atoms in total. The molecule has 0 aliphatic carbocycles. The Kier molecular flexibility index (Phi) is 2.38. The summed E-state index contributed by atoms with van der Waals surface area (Å²) in [6, 6.07) is 4.41. The van der Waals surface area contributed by atoms with E-state index in [9.17, 15) is 13.2 Å². The Bertz CT molecular complexity index is 490. The Hall–Kier alpha value is -1.17. The van der Waals surface area contributed by atoms with Crippen LogP contribution in [-0.2, 0) is 0 Å². The Morgan fingerprint density at radius 1 is 1.27 bits per heavy atom. The van der Waals surface area contributed by atoms with Gasteiger partial charge in [0.25, 0.3) is 0 Å². The molecule has 1 aromatic carbocycles. The van der Waals surface area contributed by atoms with Crippen LogP contribution in [0.15, 0.2) is 33.4 Å². The minimum absolute atomic E-state index is 0.0792. The van der Waals surface area contributed by atoms with Crippen molar-refractivity contribution in [2.75, 3.05) is 0 Å². The molecule has 0 atom stereocenters. The summed E-state index contributed by atoms with van der Waals surface area (Å²) in [7, 11) is 0. The van der Waals surface area contributed by atoms with Crippen molar-refractivity contribution in [1.82, 2.24) is 0 Å². The van der Waals surface area contributed by atoms with Crippen molar-refractivity contribution < 1.29 is 22.3 Å². The minimum Gasteiger partial charge on any atom is -0.460 e. The smallest absolute Gasteiger partial charge is 0.460 e. The lowest BCUT2D eigenvalue weighted by Crippen LogP contribution is -2.17. The van der Waals surface area contributed by atoms with Crippen molar-refractivity contribution in [2.24, 2.45) is 0 Å². The largest absolute Gasteiger partial charge is 0.573 e. The van der Waals surface area contributed by atoms with Crippen LogP contribution in [0.5, 0.6) is 5.75 Å². The van der Waals surface area contributed by atoms with Crippen LogP contribution in [0.25, 0.3) is 11.0 Å². The zero-order valence-electron chi connectivity index (χ0n) is 7.14. The van der Waals surface area contributed by atoms with Crippen LogP contribution >= 0.6 is 15.9 Å². The number of hydrogen-bond acceptors (Lipinski definition) is 2. The summed E-state index contributed by atoms with van der Waals surface area (Å²) in [5, 5.41) is 0.545. The molecule has 2 rings (SSSR count). The second kappa shape index (κ2) is 3.44. The molecule has 2 aromatic rings. The number of benzene rings is 1. The number of fused-ring (bicyclic) bond motifs is 1. The van der Waals surface area contributed by atoms with E-state index in [-0.39, 0.29) is 11.3 Å². The van der Waals surface area contributed by atoms with Gasteiger partial charge in [0.2, 0.25) is 0 Å². The zero-order valence-corrected chi connectivity index (χ0v) is 8.72. The first-order chi connectivity index (χ1) is 6.96. The molecular weight excluding hydrogens is 277 g/mol. The highest BCUT2D eigenvalue weighted by Gasteiger charge is 2.32. The lowest BCUT2D eigenvalue weighted by atomic mass is 10.2. The monoisotopic (exact) mass is 280 g/mol. The van der Waals surface area contributed by atoms with Gasteiger partial charge >= 0.3 is 6.36 Å². The van der Waals surface area contributed by atoms with Gasteiger partial charge in [0.15, 0.2) is 11.3 Å². The van der Waals surface area contributed by atoms with E-state index in [0.717, 1.165) is 0 Å². The summed E-state index contributed by atoms with van der Waals surface area (Å²) in [5.74, 6) is -0.350. The van der Waals surface area contributed by atoms with Crippen molar-refractivity contribution in [3.8, 4) is 5.75 Å². The molecule has 0 saturated heterocycles. The highest BCUT2D eigenvalue weighted by Crippen LogP contribution is 2.34. The Morgan fingerprint density at radius 2 is 2.00 bits per heavy atom. The quantitative estimate of drug-likeness (QED) is 0.785. The van der Waals surface area contributed by atoms with Crippen LogP contribution in [0.4, 0.5) is 13.2 Å². The van der Waals surface area contributed by atoms with Gasteiger partial charge in [-0.3, -0.25) is 0 Å². The molecule has 0 unspecified atom stereocenters. The van der Waals surface area contributed by atoms with Gasteiger partial charge in [0, 0.05) is 9.86 Å². The molecular formula is C9H4BrF3O2. The molecule has 1 heterocycles. The van der Waals surface area contributed by atoms with Gasteiger partial charge in [-0.15, -0.1) is 13.2 Å². The molecule has 0 radical (unpaired) electrons. The van der Waals surface area contributed by atoms with E-state index in [4.69, 9.17) is 4.42 Å². The highest BCUT2D eigenvalue weighted by atomic mass is 79.9. The molecule has 1 aromatic heterocycles. The van der Waals surface area contributed by atoms with Crippen LogP contribution in [0, 0.1) is 0 Å². The van der Waals surface area contributed by atoms with Gasteiger partial charge in [0.05, 0.1) is 6.26 Å². The summed E-state index contributed by atoms with van der Waals surface area (Å²) in [6.45, 7) is 0. The standard InChI is InChI=1S/C9H4BrF3O2/c10-6-3-5-1-2-14-8(5)7(4-6)15-9(11,12)13/h1-4H. The average molecular weight is 281 g/mol. The summed E-state index contributed by atoms with van der Waals surface area (Å²) < 4.78 is 45.3.